The Kier molecular flexibility index (Phi) is 2.78. The third-order valence-corrected chi connectivity index (χ3v) is 2.44. The van der Waals surface area contributed by atoms with Gasteiger partial charge in [-0.3, -0.25) is 4.98 Å². The quantitative estimate of drug-likeness (QED) is 0.811. The van der Waals surface area contributed by atoms with E-state index in [1.54, 1.807) is 6.07 Å². The third-order valence-electron chi connectivity index (χ3n) is 2.08. The molecule has 0 fully saturated rings. The monoisotopic (exact) mass is 242 g/mol. The molecular formula is C10H8ClFN2O2. The first-order valence-electron chi connectivity index (χ1n) is 4.40. The minimum Gasteiger partial charge on any atom is -0.491 e. The van der Waals surface area contributed by atoms with Crippen LogP contribution in [0.3, 0.4) is 0 Å². The van der Waals surface area contributed by atoms with E-state index in [4.69, 9.17) is 21.1 Å². The van der Waals surface area contributed by atoms with E-state index in [1.165, 1.54) is 14.2 Å². The van der Waals surface area contributed by atoms with E-state index in [9.17, 15) is 4.39 Å². The van der Waals surface area contributed by atoms with Gasteiger partial charge in [0.2, 0.25) is 0 Å². The highest BCUT2D eigenvalue weighted by atomic mass is 35.5. The molecule has 0 N–H and O–H groups in total. The molecule has 0 unspecified atom stereocenters. The summed E-state index contributed by atoms with van der Waals surface area (Å²) in [5.41, 5.74) is 0.698. The smallest absolute Gasteiger partial charge is 0.257 e. The van der Waals surface area contributed by atoms with Gasteiger partial charge < -0.3 is 9.47 Å². The molecule has 0 spiro atoms. The van der Waals surface area contributed by atoms with Gasteiger partial charge in [-0.1, -0.05) is 11.6 Å². The average molecular weight is 243 g/mol. The highest BCUT2D eigenvalue weighted by molar-refractivity contribution is 6.35. The summed E-state index contributed by atoms with van der Waals surface area (Å²) in [5.74, 6) is 0.0448. The van der Waals surface area contributed by atoms with E-state index in [-0.39, 0.29) is 16.4 Å². The summed E-state index contributed by atoms with van der Waals surface area (Å²) in [4.78, 5) is 7.91. The maximum Gasteiger partial charge on any atom is 0.257 e. The lowest BCUT2D eigenvalue weighted by atomic mass is 10.3. The molecule has 0 bridgehead atoms. The lowest BCUT2D eigenvalue weighted by Gasteiger charge is -2.08. The molecule has 2 heterocycles. The lowest BCUT2D eigenvalue weighted by Crippen LogP contribution is -1.96. The Morgan fingerprint density at radius 1 is 1.31 bits per heavy atom. The molecule has 0 aliphatic rings. The van der Waals surface area contributed by atoms with Gasteiger partial charge in [-0.2, -0.15) is 0 Å². The van der Waals surface area contributed by atoms with Crippen LogP contribution in [0.4, 0.5) is 4.39 Å². The zero-order valence-corrected chi connectivity index (χ0v) is 9.38. The Bertz CT molecular complexity index is 548. The van der Waals surface area contributed by atoms with Crippen LogP contribution in [0.25, 0.3) is 11.0 Å². The van der Waals surface area contributed by atoms with E-state index in [2.05, 4.69) is 9.97 Å². The molecule has 16 heavy (non-hydrogen) atoms. The van der Waals surface area contributed by atoms with Crippen LogP contribution in [0.1, 0.15) is 0 Å². The number of ether oxygens (including phenoxy) is 2. The normalized spacial score (nSPS) is 10.5. The number of pyridine rings is 2. The van der Waals surface area contributed by atoms with Crippen molar-refractivity contribution in [1.29, 1.82) is 0 Å². The second kappa shape index (κ2) is 4.09. The number of methoxy groups -OCH3 is 2. The van der Waals surface area contributed by atoms with Gasteiger partial charge in [-0.25, -0.2) is 9.37 Å². The Morgan fingerprint density at radius 3 is 2.69 bits per heavy atom. The first-order valence-corrected chi connectivity index (χ1v) is 4.78. The first kappa shape index (κ1) is 10.9. The van der Waals surface area contributed by atoms with Crippen LogP contribution >= 0.6 is 11.6 Å². The second-order valence-corrected chi connectivity index (χ2v) is 3.37. The molecule has 0 saturated carbocycles. The molecule has 0 atom stereocenters. The van der Waals surface area contributed by atoms with E-state index < -0.39 is 5.82 Å². The number of hydrogen-bond acceptors (Lipinski definition) is 4. The number of rotatable bonds is 2. The van der Waals surface area contributed by atoms with Gasteiger partial charge in [-0.15, -0.1) is 0 Å². The molecule has 0 saturated heterocycles. The second-order valence-electron chi connectivity index (χ2n) is 2.99. The molecular weight excluding hydrogens is 235 g/mol. The fraction of sp³-hybridized carbons (Fsp3) is 0.200. The molecule has 2 aromatic rings. The zero-order valence-electron chi connectivity index (χ0n) is 8.62. The van der Waals surface area contributed by atoms with Crippen LogP contribution in [0, 0.1) is 5.82 Å². The van der Waals surface area contributed by atoms with Crippen molar-refractivity contribution in [2.45, 2.75) is 0 Å². The van der Waals surface area contributed by atoms with Crippen molar-refractivity contribution in [1.82, 2.24) is 9.97 Å². The molecule has 0 amide bonds. The number of nitrogens with zero attached hydrogens (tertiary/aromatic N) is 2. The van der Waals surface area contributed by atoms with Crippen LogP contribution < -0.4 is 9.47 Å². The van der Waals surface area contributed by atoms with Crippen molar-refractivity contribution >= 4 is 22.6 Å². The number of fused-ring (bicyclic) bond motifs is 1. The Balaban J connectivity index is 2.78. The molecule has 2 aromatic heterocycles. The summed E-state index contributed by atoms with van der Waals surface area (Å²) < 4.78 is 23.2. The molecule has 84 valence electrons. The predicted molar refractivity (Wildman–Crippen MR) is 57.6 cm³/mol. The van der Waals surface area contributed by atoms with Crippen molar-refractivity contribution in [3.8, 4) is 11.6 Å². The van der Waals surface area contributed by atoms with E-state index in [0.29, 0.717) is 11.3 Å². The van der Waals surface area contributed by atoms with Crippen LogP contribution in [0.2, 0.25) is 5.02 Å². The molecule has 0 aromatic carbocycles. The molecule has 0 aliphatic heterocycles. The Hall–Kier alpha value is -1.62. The molecule has 0 aliphatic carbocycles. The summed E-state index contributed by atoms with van der Waals surface area (Å²) in [7, 11) is 2.92. The zero-order chi connectivity index (χ0) is 11.7. The van der Waals surface area contributed by atoms with Gasteiger partial charge in [0, 0.05) is 6.07 Å². The van der Waals surface area contributed by atoms with Crippen molar-refractivity contribution in [3.05, 3.63) is 23.1 Å². The Morgan fingerprint density at radius 2 is 2.06 bits per heavy atom. The van der Waals surface area contributed by atoms with Crippen LogP contribution in [0.15, 0.2) is 12.3 Å². The van der Waals surface area contributed by atoms with Crippen molar-refractivity contribution in [3.63, 3.8) is 0 Å². The van der Waals surface area contributed by atoms with E-state index >= 15 is 0 Å². The lowest BCUT2D eigenvalue weighted by molar-refractivity contribution is 0.344. The fourth-order valence-corrected chi connectivity index (χ4v) is 1.50. The van der Waals surface area contributed by atoms with Gasteiger partial charge in [0.1, 0.15) is 10.5 Å². The summed E-state index contributed by atoms with van der Waals surface area (Å²) in [6.07, 6.45) is 1.04. The summed E-state index contributed by atoms with van der Waals surface area (Å²) in [5, 5.41) is -0.0778. The largest absolute Gasteiger partial charge is 0.491 e. The third kappa shape index (κ3) is 1.63. The van der Waals surface area contributed by atoms with Crippen LogP contribution in [-0.2, 0) is 0 Å². The Labute approximate surface area is 96.0 Å². The SMILES string of the molecule is COc1cc2ncc(F)c(Cl)c2nc1OC. The molecule has 2 rings (SSSR count). The standard InChI is InChI=1S/C10H8ClFN2O2/c1-15-7-3-6-9(14-10(7)16-2)8(11)5(12)4-13-6/h3-4H,1-2H3. The van der Waals surface area contributed by atoms with Crippen molar-refractivity contribution in [2.24, 2.45) is 0 Å². The minimum absolute atomic E-state index is 0.0778. The van der Waals surface area contributed by atoms with Crippen LogP contribution in [0.5, 0.6) is 11.6 Å². The molecule has 4 nitrogen and oxygen atoms in total. The maximum absolute atomic E-state index is 13.2. The predicted octanol–water partition coefficient (Wildman–Crippen LogP) is 2.44. The molecule has 6 heteroatoms. The van der Waals surface area contributed by atoms with Gasteiger partial charge in [0.05, 0.1) is 25.9 Å². The molecule has 0 radical (unpaired) electrons. The minimum atomic E-state index is -0.617. The highest BCUT2D eigenvalue weighted by Crippen LogP contribution is 2.31. The number of aromatic nitrogens is 2. The maximum atomic E-state index is 13.2. The summed E-state index contributed by atoms with van der Waals surface area (Å²) in [6.45, 7) is 0. The van der Waals surface area contributed by atoms with Gasteiger partial charge >= 0.3 is 0 Å². The van der Waals surface area contributed by atoms with Crippen molar-refractivity contribution in [2.75, 3.05) is 14.2 Å². The summed E-state index contributed by atoms with van der Waals surface area (Å²) in [6, 6.07) is 1.59. The van der Waals surface area contributed by atoms with Gasteiger partial charge in [0.15, 0.2) is 11.6 Å². The number of halogens is 2. The number of hydrogen-bond donors (Lipinski definition) is 0. The fourth-order valence-electron chi connectivity index (χ4n) is 1.32. The summed E-state index contributed by atoms with van der Waals surface area (Å²) >= 11 is 5.78. The average Bonchev–Trinajstić information content (AvgIpc) is 2.32. The topological polar surface area (TPSA) is 44.2 Å². The van der Waals surface area contributed by atoms with E-state index in [1.807, 2.05) is 0 Å². The van der Waals surface area contributed by atoms with E-state index in [0.717, 1.165) is 6.20 Å². The van der Waals surface area contributed by atoms with Crippen molar-refractivity contribution < 1.29 is 13.9 Å². The highest BCUT2D eigenvalue weighted by Gasteiger charge is 2.13. The first-order chi connectivity index (χ1) is 7.67. The van der Waals surface area contributed by atoms with Gasteiger partial charge in [0.25, 0.3) is 5.88 Å². The van der Waals surface area contributed by atoms with Gasteiger partial charge in [-0.05, 0) is 0 Å². The van der Waals surface area contributed by atoms with Crippen LogP contribution in [-0.4, -0.2) is 24.2 Å².